The van der Waals surface area contributed by atoms with Gasteiger partial charge in [0.1, 0.15) is 10.4 Å². The van der Waals surface area contributed by atoms with Gasteiger partial charge in [0.15, 0.2) is 0 Å². The highest BCUT2D eigenvalue weighted by molar-refractivity contribution is 9.10. The van der Waals surface area contributed by atoms with Crippen molar-refractivity contribution in [3.8, 4) is 0 Å². The molecule has 0 radical (unpaired) electrons. The fraction of sp³-hybridized carbons (Fsp3) is 0.333. The molecule has 0 aliphatic rings. The van der Waals surface area contributed by atoms with E-state index in [1.807, 2.05) is 6.92 Å². The second-order valence-electron chi connectivity index (χ2n) is 2.86. The zero-order chi connectivity index (χ0) is 9.68. The van der Waals surface area contributed by atoms with Gasteiger partial charge >= 0.3 is 0 Å². The average molecular weight is 242 g/mol. The second kappa shape index (κ2) is 4.97. The van der Waals surface area contributed by atoms with E-state index in [0.717, 1.165) is 29.0 Å². The maximum Gasteiger partial charge on any atom is 0.144 e. The van der Waals surface area contributed by atoms with Crippen LogP contribution < -0.4 is 5.32 Å². The van der Waals surface area contributed by atoms with E-state index >= 15 is 0 Å². The third kappa shape index (κ3) is 4.03. The smallest absolute Gasteiger partial charge is 0.144 e. The highest BCUT2D eigenvalue weighted by Crippen LogP contribution is 2.06. The molecule has 0 unspecified atom stereocenters. The SMILES string of the molecule is C=C(C)CCNc1cnc(Br)cn1. The molecule has 0 saturated heterocycles. The second-order valence-corrected chi connectivity index (χ2v) is 3.67. The summed E-state index contributed by atoms with van der Waals surface area (Å²) in [5, 5.41) is 3.15. The fourth-order valence-corrected chi connectivity index (χ4v) is 1.01. The van der Waals surface area contributed by atoms with Gasteiger partial charge in [-0.2, -0.15) is 0 Å². The number of hydrogen-bond donors (Lipinski definition) is 1. The molecule has 0 fully saturated rings. The van der Waals surface area contributed by atoms with Crippen LogP contribution in [0.4, 0.5) is 5.82 Å². The van der Waals surface area contributed by atoms with Crippen LogP contribution in [0.15, 0.2) is 29.1 Å². The number of aromatic nitrogens is 2. The Hall–Kier alpha value is -0.900. The normalized spacial score (nSPS) is 9.69. The van der Waals surface area contributed by atoms with Gasteiger partial charge in [-0.25, -0.2) is 9.97 Å². The Balaban J connectivity index is 2.37. The van der Waals surface area contributed by atoms with Gasteiger partial charge < -0.3 is 5.32 Å². The molecule has 3 nitrogen and oxygen atoms in total. The number of nitrogens with zero attached hydrogens (tertiary/aromatic N) is 2. The van der Waals surface area contributed by atoms with Crippen molar-refractivity contribution in [2.24, 2.45) is 0 Å². The van der Waals surface area contributed by atoms with Crippen LogP contribution in [0.25, 0.3) is 0 Å². The van der Waals surface area contributed by atoms with Crippen LogP contribution in [0.2, 0.25) is 0 Å². The first-order valence-corrected chi connectivity index (χ1v) is 4.83. The van der Waals surface area contributed by atoms with E-state index in [0.29, 0.717) is 0 Å². The minimum Gasteiger partial charge on any atom is -0.368 e. The lowest BCUT2D eigenvalue weighted by Gasteiger charge is -2.03. The van der Waals surface area contributed by atoms with Crippen LogP contribution in [-0.4, -0.2) is 16.5 Å². The van der Waals surface area contributed by atoms with Crippen LogP contribution in [-0.2, 0) is 0 Å². The molecule has 1 heterocycles. The summed E-state index contributed by atoms with van der Waals surface area (Å²) in [7, 11) is 0. The molecule has 1 rings (SSSR count). The fourth-order valence-electron chi connectivity index (χ4n) is 0.808. The Kier molecular flexibility index (Phi) is 3.89. The van der Waals surface area contributed by atoms with Gasteiger partial charge in [0.2, 0.25) is 0 Å². The van der Waals surface area contributed by atoms with Gasteiger partial charge in [0.05, 0.1) is 12.4 Å². The summed E-state index contributed by atoms with van der Waals surface area (Å²) in [5.74, 6) is 0.796. The lowest BCUT2D eigenvalue weighted by atomic mass is 10.2. The van der Waals surface area contributed by atoms with Crippen molar-refractivity contribution in [3.63, 3.8) is 0 Å². The van der Waals surface area contributed by atoms with E-state index in [1.54, 1.807) is 12.4 Å². The quantitative estimate of drug-likeness (QED) is 0.824. The molecule has 4 heteroatoms. The summed E-state index contributed by atoms with van der Waals surface area (Å²) in [5.41, 5.74) is 1.16. The van der Waals surface area contributed by atoms with Gasteiger partial charge in [-0.3, -0.25) is 0 Å². The molecule has 0 spiro atoms. The van der Waals surface area contributed by atoms with E-state index < -0.39 is 0 Å². The van der Waals surface area contributed by atoms with Crippen molar-refractivity contribution >= 4 is 21.7 Å². The van der Waals surface area contributed by atoms with Gasteiger partial charge in [-0.1, -0.05) is 5.57 Å². The van der Waals surface area contributed by atoms with Gasteiger partial charge in [0, 0.05) is 6.54 Å². The van der Waals surface area contributed by atoms with Crippen molar-refractivity contribution in [2.75, 3.05) is 11.9 Å². The van der Waals surface area contributed by atoms with Crippen molar-refractivity contribution in [1.82, 2.24) is 9.97 Å². The molecule has 0 saturated carbocycles. The Morgan fingerprint density at radius 2 is 2.31 bits per heavy atom. The molecule has 70 valence electrons. The van der Waals surface area contributed by atoms with Crippen molar-refractivity contribution in [2.45, 2.75) is 13.3 Å². The molecule has 1 aromatic rings. The van der Waals surface area contributed by atoms with Crippen LogP contribution in [0.1, 0.15) is 13.3 Å². The van der Waals surface area contributed by atoms with E-state index in [2.05, 4.69) is 37.8 Å². The largest absolute Gasteiger partial charge is 0.368 e. The van der Waals surface area contributed by atoms with E-state index in [9.17, 15) is 0 Å². The first-order valence-electron chi connectivity index (χ1n) is 4.04. The van der Waals surface area contributed by atoms with Gasteiger partial charge in [0.25, 0.3) is 0 Å². The minimum absolute atomic E-state index is 0.748. The highest BCUT2D eigenvalue weighted by Gasteiger charge is 1.93. The molecule has 1 aromatic heterocycles. The first-order chi connectivity index (χ1) is 6.18. The Morgan fingerprint density at radius 3 is 2.85 bits per heavy atom. The monoisotopic (exact) mass is 241 g/mol. The van der Waals surface area contributed by atoms with Crippen LogP contribution >= 0.6 is 15.9 Å². The van der Waals surface area contributed by atoms with Crippen LogP contribution in [0, 0.1) is 0 Å². The van der Waals surface area contributed by atoms with Gasteiger partial charge in [-0.15, -0.1) is 6.58 Å². The molecule has 0 amide bonds. The maximum atomic E-state index is 4.12. The number of halogens is 1. The van der Waals surface area contributed by atoms with Gasteiger partial charge in [-0.05, 0) is 29.3 Å². The first kappa shape index (κ1) is 10.2. The summed E-state index contributed by atoms with van der Waals surface area (Å²) in [6.45, 7) is 6.68. The number of nitrogens with one attached hydrogen (secondary N) is 1. The maximum absolute atomic E-state index is 4.12. The highest BCUT2D eigenvalue weighted by atomic mass is 79.9. The lowest BCUT2D eigenvalue weighted by molar-refractivity contribution is 0.983. The van der Waals surface area contributed by atoms with E-state index in [1.165, 1.54) is 0 Å². The number of rotatable bonds is 4. The van der Waals surface area contributed by atoms with Crippen LogP contribution in [0.5, 0.6) is 0 Å². The Morgan fingerprint density at radius 1 is 1.54 bits per heavy atom. The molecule has 0 atom stereocenters. The zero-order valence-corrected chi connectivity index (χ0v) is 9.13. The summed E-state index contributed by atoms with van der Waals surface area (Å²) < 4.78 is 0.748. The van der Waals surface area contributed by atoms with Crippen LogP contribution in [0.3, 0.4) is 0 Å². The predicted molar refractivity (Wildman–Crippen MR) is 57.7 cm³/mol. The molecule has 0 aromatic carbocycles. The summed E-state index contributed by atoms with van der Waals surface area (Å²) in [4.78, 5) is 8.17. The number of anilines is 1. The van der Waals surface area contributed by atoms with Crippen molar-refractivity contribution in [3.05, 3.63) is 29.1 Å². The molecule has 1 N–H and O–H groups in total. The molecular weight excluding hydrogens is 230 g/mol. The van der Waals surface area contributed by atoms with Crippen molar-refractivity contribution in [1.29, 1.82) is 0 Å². The third-order valence-corrected chi connectivity index (χ3v) is 1.89. The summed E-state index contributed by atoms with van der Waals surface area (Å²) >= 11 is 3.22. The summed E-state index contributed by atoms with van der Waals surface area (Å²) in [6.07, 6.45) is 4.32. The van der Waals surface area contributed by atoms with Crippen molar-refractivity contribution < 1.29 is 0 Å². The lowest BCUT2D eigenvalue weighted by Crippen LogP contribution is -2.03. The number of hydrogen-bond acceptors (Lipinski definition) is 3. The van der Waals surface area contributed by atoms with E-state index in [-0.39, 0.29) is 0 Å². The Labute approximate surface area is 86.4 Å². The molecule has 0 aliphatic carbocycles. The standard InChI is InChI=1S/C9H12BrN3/c1-7(2)3-4-11-9-6-12-8(10)5-13-9/h5-6H,1,3-4H2,2H3,(H,11,13). The topological polar surface area (TPSA) is 37.8 Å². The summed E-state index contributed by atoms with van der Waals surface area (Å²) in [6, 6.07) is 0. The molecule has 0 bridgehead atoms. The minimum atomic E-state index is 0.748. The average Bonchev–Trinajstić information content (AvgIpc) is 2.08. The molecule has 13 heavy (non-hydrogen) atoms. The van der Waals surface area contributed by atoms with E-state index in [4.69, 9.17) is 0 Å². The Bertz CT molecular complexity index is 281. The zero-order valence-electron chi connectivity index (χ0n) is 7.55. The predicted octanol–water partition coefficient (Wildman–Crippen LogP) is 2.62. The molecule has 0 aliphatic heterocycles. The third-order valence-electron chi connectivity index (χ3n) is 1.48. The molecular formula is C9H12BrN3.